The summed E-state index contributed by atoms with van der Waals surface area (Å²) in [6, 6.07) is 6.23. The summed E-state index contributed by atoms with van der Waals surface area (Å²) in [6.07, 6.45) is 0.140. The first kappa shape index (κ1) is 14.3. The van der Waals surface area contributed by atoms with Gasteiger partial charge in [0.25, 0.3) is 0 Å². The van der Waals surface area contributed by atoms with E-state index >= 15 is 0 Å². The molecule has 0 aromatic heterocycles. The highest BCUT2D eigenvalue weighted by Gasteiger charge is 2.11. The number of carbonyl (C=O) groups is 1. The second-order valence-corrected chi connectivity index (χ2v) is 4.81. The number of nitrogens with zero attached hydrogens (tertiary/aromatic N) is 1. The lowest BCUT2D eigenvalue weighted by Crippen LogP contribution is -2.28. The third-order valence-electron chi connectivity index (χ3n) is 2.76. The van der Waals surface area contributed by atoms with Crippen molar-refractivity contribution >= 4 is 11.7 Å². The number of carboxylic acids is 1. The molecule has 1 N–H and O–H groups in total. The maximum atomic E-state index is 10.7. The van der Waals surface area contributed by atoms with Crippen molar-refractivity contribution in [2.24, 2.45) is 0 Å². The molecular weight excluding hydrogens is 226 g/mol. The van der Waals surface area contributed by atoms with Gasteiger partial charge in [-0.25, -0.2) is 0 Å². The zero-order valence-corrected chi connectivity index (χ0v) is 11.4. The van der Waals surface area contributed by atoms with Crippen molar-refractivity contribution in [3.8, 4) is 0 Å². The second kappa shape index (κ2) is 6.24. The number of anilines is 1. The molecule has 0 atom stereocenters. The van der Waals surface area contributed by atoms with Crippen molar-refractivity contribution in [2.45, 2.75) is 27.2 Å². The van der Waals surface area contributed by atoms with Crippen LogP contribution in [0.3, 0.4) is 0 Å². The van der Waals surface area contributed by atoms with Crippen LogP contribution in [0.5, 0.6) is 0 Å². The van der Waals surface area contributed by atoms with E-state index in [-0.39, 0.29) is 6.42 Å². The average Bonchev–Trinajstić information content (AvgIpc) is 2.27. The highest BCUT2D eigenvalue weighted by atomic mass is 16.4. The van der Waals surface area contributed by atoms with Crippen molar-refractivity contribution in [1.29, 1.82) is 0 Å². The Balaban J connectivity index is 2.96. The lowest BCUT2D eigenvalue weighted by molar-refractivity contribution is -0.136. The van der Waals surface area contributed by atoms with Gasteiger partial charge >= 0.3 is 5.97 Å². The first-order valence-electron chi connectivity index (χ1n) is 6.08. The Bertz CT molecular complexity index is 452. The molecular formula is C15H21NO2. The highest BCUT2D eigenvalue weighted by molar-refractivity contribution is 5.68. The van der Waals surface area contributed by atoms with E-state index in [0.29, 0.717) is 13.1 Å². The molecule has 0 saturated heterocycles. The van der Waals surface area contributed by atoms with Gasteiger partial charge < -0.3 is 10.0 Å². The summed E-state index contributed by atoms with van der Waals surface area (Å²) in [5, 5.41) is 8.82. The van der Waals surface area contributed by atoms with Crippen LogP contribution in [-0.2, 0) is 4.79 Å². The van der Waals surface area contributed by atoms with E-state index in [0.717, 1.165) is 16.8 Å². The van der Waals surface area contributed by atoms with Crippen molar-refractivity contribution < 1.29 is 9.90 Å². The Kier molecular flexibility index (Phi) is 4.95. The minimum absolute atomic E-state index is 0.140. The molecule has 3 nitrogen and oxygen atoms in total. The first-order valence-corrected chi connectivity index (χ1v) is 6.08. The van der Waals surface area contributed by atoms with Gasteiger partial charge in [-0.3, -0.25) is 4.79 Å². The molecule has 0 aliphatic heterocycles. The van der Waals surface area contributed by atoms with Crippen LogP contribution in [-0.4, -0.2) is 24.2 Å². The largest absolute Gasteiger partial charge is 0.481 e. The maximum absolute atomic E-state index is 10.7. The fourth-order valence-corrected chi connectivity index (χ4v) is 1.90. The first-order chi connectivity index (χ1) is 8.40. The second-order valence-electron chi connectivity index (χ2n) is 4.81. The van der Waals surface area contributed by atoms with Crippen LogP contribution in [0.25, 0.3) is 0 Å². The number of hydrogen-bond acceptors (Lipinski definition) is 2. The van der Waals surface area contributed by atoms with Crippen LogP contribution in [0.15, 0.2) is 30.4 Å². The zero-order chi connectivity index (χ0) is 13.7. The summed E-state index contributed by atoms with van der Waals surface area (Å²) in [4.78, 5) is 12.8. The number of aliphatic carboxylic acids is 1. The Labute approximate surface area is 109 Å². The molecule has 0 aliphatic rings. The van der Waals surface area contributed by atoms with Crippen LogP contribution in [0.4, 0.5) is 5.69 Å². The molecule has 1 aromatic rings. The number of rotatable bonds is 6. The Morgan fingerprint density at radius 3 is 2.61 bits per heavy atom. The molecule has 0 unspecified atom stereocenters. The molecule has 1 rings (SSSR count). The summed E-state index contributed by atoms with van der Waals surface area (Å²) in [5.41, 5.74) is 4.46. The average molecular weight is 247 g/mol. The van der Waals surface area contributed by atoms with E-state index in [4.69, 9.17) is 5.11 Å². The van der Waals surface area contributed by atoms with Gasteiger partial charge in [0.2, 0.25) is 0 Å². The van der Waals surface area contributed by atoms with E-state index in [1.54, 1.807) is 0 Å². The molecule has 98 valence electrons. The van der Waals surface area contributed by atoms with E-state index in [1.165, 1.54) is 5.56 Å². The fourth-order valence-electron chi connectivity index (χ4n) is 1.90. The SMILES string of the molecule is C=C(C)CN(CCC(=O)O)c1cc(C)ccc1C. The molecule has 18 heavy (non-hydrogen) atoms. The van der Waals surface area contributed by atoms with E-state index in [1.807, 2.05) is 20.8 Å². The Morgan fingerprint density at radius 2 is 2.06 bits per heavy atom. The van der Waals surface area contributed by atoms with Crippen LogP contribution < -0.4 is 4.90 Å². The lowest BCUT2D eigenvalue weighted by atomic mass is 10.1. The van der Waals surface area contributed by atoms with Crippen LogP contribution in [0.1, 0.15) is 24.5 Å². The summed E-state index contributed by atoms with van der Waals surface area (Å²) in [7, 11) is 0. The van der Waals surface area contributed by atoms with Gasteiger partial charge in [-0.2, -0.15) is 0 Å². The van der Waals surface area contributed by atoms with Crippen molar-refractivity contribution in [3.05, 3.63) is 41.5 Å². The summed E-state index contributed by atoms with van der Waals surface area (Å²) < 4.78 is 0. The third-order valence-corrected chi connectivity index (χ3v) is 2.76. The minimum atomic E-state index is -0.771. The van der Waals surface area contributed by atoms with Gasteiger partial charge in [-0.1, -0.05) is 24.3 Å². The Hall–Kier alpha value is -1.77. The summed E-state index contributed by atoms with van der Waals surface area (Å²) in [6.45, 7) is 11.1. The minimum Gasteiger partial charge on any atom is -0.481 e. The molecule has 0 fully saturated rings. The summed E-state index contributed by atoms with van der Waals surface area (Å²) >= 11 is 0. The number of benzene rings is 1. The molecule has 0 radical (unpaired) electrons. The zero-order valence-electron chi connectivity index (χ0n) is 11.4. The summed E-state index contributed by atoms with van der Waals surface area (Å²) in [5.74, 6) is -0.771. The topological polar surface area (TPSA) is 40.5 Å². The molecule has 1 aromatic carbocycles. The molecule has 0 heterocycles. The molecule has 3 heteroatoms. The third kappa shape index (κ3) is 4.24. The van der Waals surface area contributed by atoms with Gasteiger partial charge in [0, 0.05) is 18.8 Å². The van der Waals surface area contributed by atoms with Crippen LogP contribution >= 0.6 is 0 Å². The number of aryl methyl sites for hydroxylation is 2. The smallest absolute Gasteiger partial charge is 0.305 e. The quantitative estimate of drug-likeness (QED) is 0.785. The molecule has 0 amide bonds. The molecule has 0 aliphatic carbocycles. The predicted octanol–water partition coefficient (Wildman–Crippen LogP) is 3.16. The maximum Gasteiger partial charge on any atom is 0.305 e. The van der Waals surface area contributed by atoms with Crippen LogP contribution in [0, 0.1) is 13.8 Å². The van der Waals surface area contributed by atoms with E-state index < -0.39 is 5.97 Å². The van der Waals surface area contributed by atoms with Crippen molar-refractivity contribution in [1.82, 2.24) is 0 Å². The predicted molar refractivity (Wildman–Crippen MR) is 75.2 cm³/mol. The Morgan fingerprint density at radius 1 is 1.39 bits per heavy atom. The molecule has 0 saturated carbocycles. The van der Waals surface area contributed by atoms with Gasteiger partial charge in [-0.05, 0) is 38.0 Å². The lowest BCUT2D eigenvalue weighted by Gasteiger charge is -2.26. The fraction of sp³-hybridized carbons (Fsp3) is 0.400. The highest BCUT2D eigenvalue weighted by Crippen LogP contribution is 2.22. The van der Waals surface area contributed by atoms with Crippen molar-refractivity contribution in [3.63, 3.8) is 0 Å². The van der Waals surface area contributed by atoms with Crippen molar-refractivity contribution in [2.75, 3.05) is 18.0 Å². The monoisotopic (exact) mass is 247 g/mol. The van der Waals surface area contributed by atoms with E-state index in [9.17, 15) is 4.79 Å². The normalized spacial score (nSPS) is 10.2. The van der Waals surface area contributed by atoms with Gasteiger partial charge in [-0.15, -0.1) is 0 Å². The van der Waals surface area contributed by atoms with Gasteiger partial charge in [0.1, 0.15) is 0 Å². The standard InChI is InChI=1S/C15H21NO2/c1-11(2)10-16(8-7-15(17)18)14-9-12(3)5-6-13(14)4/h5-6,9H,1,7-8,10H2,2-4H3,(H,17,18). The van der Waals surface area contributed by atoms with Gasteiger partial charge in [0.05, 0.1) is 6.42 Å². The number of carboxylic acid groups (broad SMARTS) is 1. The number of hydrogen-bond donors (Lipinski definition) is 1. The van der Waals surface area contributed by atoms with Gasteiger partial charge in [0.15, 0.2) is 0 Å². The molecule has 0 spiro atoms. The van der Waals surface area contributed by atoms with Crippen LogP contribution in [0.2, 0.25) is 0 Å². The molecule has 0 bridgehead atoms. The van der Waals surface area contributed by atoms with E-state index in [2.05, 4.69) is 29.7 Å².